The van der Waals surface area contributed by atoms with Gasteiger partial charge < -0.3 is 16.0 Å². The monoisotopic (exact) mass is 401 g/mol. The Labute approximate surface area is 173 Å². The first kappa shape index (κ1) is 18.4. The van der Waals surface area contributed by atoms with Gasteiger partial charge in [0.15, 0.2) is 5.65 Å². The summed E-state index contributed by atoms with van der Waals surface area (Å²) in [6, 6.07) is 11.8. The molecule has 1 amide bonds. The zero-order chi connectivity index (χ0) is 20.7. The quantitative estimate of drug-likeness (QED) is 0.451. The van der Waals surface area contributed by atoms with Crippen LogP contribution in [0.3, 0.4) is 0 Å². The lowest BCUT2D eigenvalue weighted by atomic mass is 10.2. The molecule has 30 heavy (non-hydrogen) atoms. The number of aromatic nitrogens is 4. The van der Waals surface area contributed by atoms with Crippen molar-refractivity contribution >= 4 is 45.5 Å². The first-order valence-electron chi connectivity index (χ1n) is 10.1. The third kappa shape index (κ3) is 3.41. The molecule has 152 valence electrons. The van der Waals surface area contributed by atoms with Gasteiger partial charge >= 0.3 is 0 Å². The van der Waals surface area contributed by atoms with Crippen LogP contribution < -0.4 is 16.0 Å². The summed E-state index contributed by atoms with van der Waals surface area (Å²) < 4.78 is 1.68. The number of hydrogen-bond donors (Lipinski definition) is 3. The number of amides is 1. The molecule has 0 spiro atoms. The van der Waals surface area contributed by atoms with E-state index in [-0.39, 0.29) is 5.91 Å². The SMILES string of the molecule is CNc1cc(Nc2cccc3cccnc23)nc2c(NC(=O)C[C@@H]3C[C@@H]3C)cnn12. The molecule has 2 atom stereocenters. The van der Waals surface area contributed by atoms with Crippen LogP contribution in [0.1, 0.15) is 19.8 Å². The molecular formula is C22H23N7O. The van der Waals surface area contributed by atoms with E-state index >= 15 is 0 Å². The van der Waals surface area contributed by atoms with Crippen LogP contribution in [0.4, 0.5) is 23.0 Å². The van der Waals surface area contributed by atoms with Crippen molar-refractivity contribution in [1.82, 2.24) is 19.6 Å². The lowest BCUT2D eigenvalue weighted by Gasteiger charge is -2.12. The van der Waals surface area contributed by atoms with Crippen LogP contribution in [0.15, 0.2) is 48.8 Å². The number of rotatable bonds is 6. The van der Waals surface area contributed by atoms with Gasteiger partial charge in [-0.15, -0.1) is 0 Å². The summed E-state index contributed by atoms with van der Waals surface area (Å²) in [7, 11) is 1.83. The first-order valence-corrected chi connectivity index (χ1v) is 10.1. The van der Waals surface area contributed by atoms with Gasteiger partial charge in [0.1, 0.15) is 17.3 Å². The van der Waals surface area contributed by atoms with Gasteiger partial charge in [-0.2, -0.15) is 9.61 Å². The van der Waals surface area contributed by atoms with E-state index in [1.807, 2.05) is 43.4 Å². The highest BCUT2D eigenvalue weighted by atomic mass is 16.1. The summed E-state index contributed by atoms with van der Waals surface area (Å²) >= 11 is 0. The molecular weight excluding hydrogens is 378 g/mol. The number of para-hydroxylation sites is 1. The van der Waals surface area contributed by atoms with Gasteiger partial charge in [-0.3, -0.25) is 9.78 Å². The van der Waals surface area contributed by atoms with Gasteiger partial charge in [0.05, 0.1) is 17.4 Å². The first-order chi connectivity index (χ1) is 14.6. The minimum atomic E-state index is 0.00340. The molecule has 1 aromatic carbocycles. The van der Waals surface area contributed by atoms with E-state index in [2.05, 4.69) is 33.0 Å². The summed E-state index contributed by atoms with van der Waals surface area (Å²) in [5.74, 6) is 2.52. The van der Waals surface area contributed by atoms with Crippen molar-refractivity contribution in [3.05, 3.63) is 48.8 Å². The van der Waals surface area contributed by atoms with Crippen LogP contribution in [-0.4, -0.2) is 32.5 Å². The number of benzene rings is 1. The van der Waals surface area contributed by atoms with Crippen LogP contribution in [0, 0.1) is 11.8 Å². The van der Waals surface area contributed by atoms with Crippen molar-refractivity contribution in [1.29, 1.82) is 0 Å². The van der Waals surface area contributed by atoms with Crippen molar-refractivity contribution in [3.63, 3.8) is 0 Å². The number of carbonyl (C=O) groups excluding carboxylic acids is 1. The second-order valence-electron chi connectivity index (χ2n) is 7.80. The Morgan fingerprint density at radius 2 is 2.07 bits per heavy atom. The molecule has 1 aliphatic rings. The van der Waals surface area contributed by atoms with Crippen LogP contribution >= 0.6 is 0 Å². The largest absolute Gasteiger partial charge is 0.373 e. The normalized spacial score (nSPS) is 17.8. The standard InChI is InChI=1S/C22H23N7O/c1-13-9-15(13)10-20(30)27-17-12-25-29-19(23-2)11-18(28-22(17)29)26-16-7-3-5-14-6-4-8-24-21(14)16/h3-8,11-13,15,23H,9-10H2,1-2H3,(H,26,28)(H,27,30)/t13-,15-/m0/s1. The fraction of sp³-hybridized carbons (Fsp3) is 0.273. The van der Waals surface area contributed by atoms with Crippen molar-refractivity contribution < 1.29 is 4.79 Å². The molecule has 1 fully saturated rings. The molecule has 1 saturated carbocycles. The van der Waals surface area contributed by atoms with E-state index in [4.69, 9.17) is 4.98 Å². The molecule has 0 unspecified atom stereocenters. The molecule has 0 saturated heterocycles. The second-order valence-corrected chi connectivity index (χ2v) is 7.80. The van der Waals surface area contributed by atoms with Crippen molar-refractivity contribution in [2.45, 2.75) is 19.8 Å². The Kier molecular flexibility index (Phi) is 4.46. The highest BCUT2D eigenvalue weighted by molar-refractivity contribution is 5.95. The zero-order valence-corrected chi connectivity index (χ0v) is 16.9. The van der Waals surface area contributed by atoms with E-state index in [9.17, 15) is 4.79 Å². The Hall–Kier alpha value is -3.68. The molecule has 8 heteroatoms. The summed E-state index contributed by atoms with van der Waals surface area (Å²) in [6.07, 6.45) is 5.07. The van der Waals surface area contributed by atoms with Gasteiger partial charge in [0, 0.05) is 31.1 Å². The molecule has 8 nitrogen and oxygen atoms in total. The minimum Gasteiger partial charge on any atom is -0.373 e. The van der Waals surface area contributed by atoms with Crippen molar-refractivity contribution in [3.8, 4) is 0 Å². The smallest absolute Gasteiger partial charge is 0.224 e. The summed E-state index contributed by atoms with van der Waals surface area (Å²) in [5.41, 5.74) is 2.91. The maximum Gasteiger partial charge on any atom is 0.224 e. The summed E-state index contributed by atoms with van der Waals surface area (Å²) in [5, 5.41) is 14.9. The number of nitrogens with zero attached hydrogens (tertiary/aromatic N) is 4. The van der Waals surface area contributed by atoms with Crippen molar-refractivity contribution in [2.75, 3.05) is 23.0 Å². The average molecular weight is 401 g/mol. The Balaban J connectivity index is 1.48. The Morgan fingerprint density at radius 3 is 2.87 bits per heavy atom. The van der Waals surface area contributed by atoms with Gasteiger partial charge in [0.25, 0.3) is 0 Å². The molecule has 3 heterocycles. The third-order valence-electron chi connectivity index (χ3n) is 5.62. The number of hydrogen-bond acceptors (Lipinski definition) is 6. The van der Waals surface area contributed by atoms with E-state index in [1.165, 1.54) is 0 Å². The average Bonchev–Trinajstić information content (AvgIpc) is 3.29. The minimum absolute atomic E-state index is 0.00340. The predicted octanol–water partition coefficient (Wildman–Crippen LogP) is 4.05. The lowest BCUT2D eigenvalue weighted by Crippen LogP contribution is -2.12. The number of nitrogens with one attached hydrogen (secondary N) is 3. The molecule has 0 aliphatic heterocycles. The second kappa shape index (κ2) is 7.29. The number of anilines is 4. The highest BCUT2D eigenvalue weighted by Gasteiger charge is 2.34. The number of pyridine rings is 1. The summed E-state index contributed by atoms with van der Waals surface area (Å²) in [4.78, 5) is 21.6. The predicted molar refractivity (Wildman–Crippen MR) is 118 cm³/mol. The third-order valence-corrected chi connectivity index (χ3v) is 5.62. The fourth-order valence-electron chi connectivity index (χ4n) is 3.76. The van der Waals surface area contributed by atoms with Crippen molar-refractivity contribution in [2.24, 2.45) is 11.8 Å². The molecule has 0 bridgehead atoms. The Bertz CT molecular complexity index is 1240. The number of carbonyl (C=O) groups is 1. The van der Waals surface area contributed by atoms with Gasteiger partial charge in [-0.1, -0.05) is 25.1 Å². The number of fused-ring (bicyclic) bond motifs is 2. The highest BCUT2D eigenvalue weighted by Crippen LogP contribution is 2.40. The fourth-order valence-corrected chi connectivity index (χ4v) is 3.76. The molecule has 5 rings (SSSR count). The van der Waals surface area contributed by atoms with Gasteiger partial charge in [-0.05, 0) is 30.4 Å². The molecule has 3 N–H and O–H groups in total. The van der Waals surface area contributed by atoms with E-state index in [1.54, 1.807) is 16.9 Å². The van der Waals surface area contributed by atoms with E-state index in [0.717, 1.165) is 28.8 Å². The van der Waals surface area contributed by atoms with E-state index < -0.39 is 0 Å². The zero-order valence-electron chi connectivity index (χ0n) is 16.9. The Morgan fingerprint density at radius 1 is 1.23 bits per heavy atom. The van der Waals surface area contributed by atoms with Gasteiger partial charge in [-0.25, -0.2) is 4.98 Å². The maximum absolute atomic E-state index is 12.4. The van der Waals surface area contributed by atoms with Gasteiger partial charge in [0.2, 0.25) is 5.91 Å². The summed E-state index contributed by atoms with van der Waals surface area (Å²) in [6.45, 7) is 2.17. The molecule has 3 aromatic heterocycles. The van der Waals surface area contributed by atoms with E-state index in [0.29, 0.717) is 35.4 Å². The molecule has 0 radical (unpaired) electrons. The maximum atomic E-state index is 12.4. The van der Waals surface area contributed by atoms with Crippen LogP contribution in [0.2, 0.25) is 0 Å². The van der Waals surface area contributed by atoms with Crippen LogP contribution in [0.5, 0.6) is 0 Å². The van der Waals surface area contributed by atoms with Crippen LogP contribution in [0.25, 0.3) is 16.6 Å². The topological polar surface area (TPSA) is 96.2 Å². The molecule has 1 aliphatic carbocycles. The lowest BCUT2D eigenvalue weighted by molar-refractivity contribution is -0.116. The molecule has 4 aromatic rings. The van der Waals surface area contributed by atoms with Crippen LogP contribution in [-0.2, 0) is 4.79 Å².